The van der Waals surface area contributed by atoms with Crippen molar-refractivity contribution in [3.8, 4) is 0 Å². The number of benzene rings is 1. The molecular formula is C15H19F4NS. The minimum Gasteiger partial charge on any atom is -0.310 e. The van der Waals surface area contributed by atoms with E-state index in [-0.39, 0.29) is 6.04 Å². The van der Waals surface area contributed by atoms with Gasteiger partial charge < -0.3 is 5.32 Å². The lowest BCUT2D eigenvalue weighted by Crippen LogP contribution is -2.29. The molecule has 1 heterocycles. The van der Waals surface area contributed by atoms with Gasteiger partial charge in [0, 0.05) is 6.04 Å². The van der Waals surface area contributed by atoms with Crippen molar-refractivity contribution in [3.05, 3.63) is 35.1 Å². The molecule has 1 aromatic rings. The molecule has 2 rings (SSSR count). The highest BCUT2D eigenvalue weighted by atomic mass is 32.2. The summed E-state index contributed by atoms with van der Waals surface area (Å²) in [4.78, 5) is 0. The van der Waals surface area contributed by atoms with Gasteiger partial charge in [0.25, 0.3) is 0 Å². The molecule has 2 unspecified atom stereocenters. The molecular weight excluding hydrogens is 302 g/mol. The zero-order chi connectivity index (χ0) is 15.5. The topological polar surface area (TPSA) is 12.0 Å². The molecule has 1 aliphatic rings. The predicted octanol–water partition coefficient (Wildman–Crippen LogP) is 4.64. The molecule has 1 fully saturated rings. The number of thioether (sulfide) groups is 1. The number of nitrogens with one attached hydrogen (secondary N) is 1. The number of alkyl halides is 3. The van der Waals surface area contributed by atoms with Crippen LogP contribution < -0.4 is 5.32 Å². The van der Waals surface area contributed by atoms with Crippen molar-refractivity contribution in [1.82, 2.24) is 5.32 Å². The van der Waals surface area contributed by atoms with Crippen LogP contribution in [-0.4, -0.2) is 18.1 Å². The van der Waals surface area contributed by atoms with E-state index >= 15 is 0 Å². The first-order valence-electron chi connectivity index (χ1n) is 7.11. The van der Waals surface area contributed by atoms with E-state index in [1.54, 1.807) is 0 Å². The number of hydrogen-bond acceptors (Lipinski definition) is 2. The molecule has 1 saturated heterocycles. The van der Waals surface area contributed by atoms with Crippen molar-refractivity contribution in [3.63, 3.8) is 0 Å². The van der Waals surface area contributed by atoms with E-state index in [9.17, 15) is 17.6 Å². The molecule has 0 aromatic heterocycles. The lowest BCUT2D eigenvalue weighted by molar-refractivity contribution is -0.140. The molecule has 1 aromatic carbocycles. The van der Waals surface area contributed by atoms with Crippen LogP contribution in [0.4, 0.5) is 17.6 Å². The Labute approximate surface area is 126 Å². The Balaban J connectivity index is 2.30. The van der Waals surface area contributed by atoms with Crippen LogP contribution in [0.5, 0.6) is 0 Å². The fourth-order valence-corrected chi connectivity index (χ4v) is 3.92. The molecule has 1 nitrogen and oxygen atoms in total. The lowest BCUT2D eigenvalue weighted by atomic mass is 9.91. The molecule has 0 bridgehead atoms. The molecule has 1 N–H and O–H groups in total. The summed E-state index contributed by atoms with van der Waals surface area (Å²) >= 11 is 1.82. The summed E-state index contributed by atoms with van der Waals surface area (Å²) in [6.45, 7) is 2.75. The van der Waals surface area contributed by atoms with E-state index in [2.05, 4.69) is 5.32 Å². The van der Waals surface area contributed by atoms with Gasteiger partial charge >= 0.3 is 6.18 Å². The molecule has 118 valence electrons. The normalized spacial score (nSPS) is 20.7. The van der Waals surface area contributed by atoms with E-state index in [1.807, 2.05) is 18.7 Å². The van der Waals surface area contributed by atoms with Crippen LogP contribution in [0.3, 0.4) is 0 Å². The van der Waals surface area contributed by atoms with Crippen LogP contribution in [0.15, 0.2) is 18.2 Å². The van der Waals surface area contributed by atoms with Gasteiger partial charge in [-0.15, -0.1) is 0 Å². The molecule has 2 atom stereocenters. The van der Waals surface area contributed by atoms with E-state index in [0.29, 0.717) is 11.5 Å². The Kier molecular flexibility index (Phi) is 5.54. The fourth-order valence-electron chi connectivity index (χ4n) is 2.63. The van der Waals surface area contributed by atoms with Gasteiger partial charge in [0.15, 0.2) is 0 Å². The molecule has 0 saturated carbocycles. The summed E-state index contributed by atoms with van der Waals surface area (Å²) in [5.74, 6) is 1.05. The van der Waals surface area contributed by atoms with E-state index in [1.165, 1.54) is 6.07 Å². The molecule has 6 heteroatoms. The summed E-state index contributed by atoms with van der Waals surface area (Å²) in [6, 6.07) is 3.23. The van der Waals surface area contributed by atoms with E-state index in [4.69, 9.17) is 0 Å². The number of halogens is 4. The summed E-state index contributed by atoms with van der Waals surface area (Å²) in [5, 5.41) is 3.32. The Hall–Kier alpha value is -0.750. The van der Waals surface area contributed by atoms with Crippen molar-refractivity contribution < 1.29 is 17.6 Å². The maximum Gasteiger partial charge on any atom is 0.419 e. The van der Waals surface area contributed by atoms with Crippen molar-refractivity contribution in [1.29, 1.82) is 0 Å². The first-order valence-corrected chi connectivity index (χ1v) is 8.26. The van der Waals surface area contributed by atoms with Crippen LogP contribution in [0.1, 0.15) is 36.9 Å². The smallest absolute Gasteiger partial charge is 0.310 e. The van der Waals surface area contributed by atoms with Gasteiger partial charge in [0.1, 0.15) is 5.82 Å². The molecule has 0 amide bonds. The van der Waals surface area contributed by atoms with Crippen molar-refractivity contribution in [2.24, 2.45) is 5.92 Å². The minimum atomic E-state index is -4.65. The summed E-state index contributed by atoms with van der Waals surface area (Å²) in [6.07, 6.45) is -2.77. The summed E-state index contributed by atoms with van der Waals surface area (Å²) in [5.41, 5.74) is -0.640. The van der Waals surface area contributed by atoms with Crippen molar-refractivity contribution in [2.75, 3.05) is 18.1 Å². The maximum absolute atomic E-state index is 13.4. The minimum absolute atomic E-state index is 0.137. The van der Waals surface area contributed by atoms with Gasteiger partial charge in [0.2, 0.25) is 0 Å². The quantitative estimate of drug-likeness (QED) is 0.793. The first-order chi connectivity index (χ1) is 9.93. The second-order valence-corrected chi connectivity index (χ2v) is 6.44. The number of hydrogen-bond donors (Lipinski definition) is 1. The third kappa shape index (κ3) is 4.13. The average Bonchev–Trinajstić information content (AvgIpc) is 2.93. The van der Waals surface area contributed by atoms with Crippen LogP contribution in [0.25, 0.3) is 0 Å². The van der Waals surface area contributed by atoms with E-state index in [0.717, 1.165) is 43.0 Å². The lowest BCUT2D eigenvalue weighted by Gasteiger charge is -2.25. The molecule has 0 spiro atoms. The first kappa shape index (κ1) is 16.6. The van der Waals surface area contributed by atoms with Crippen LogP contribution in [0, 0.1) is 11.7 Å². The Morgan fingerprint density at radius 1 is 1.38 bits per heavy atom. The standard InChI is InChI=1S/C15H19F4NS/c1-2-6-20-14(11-5-7-21-9-11)10-3-4-13(16)12(8-10)15(17,18)19/h3-4,8,11,14,20H,2,5-7,9H2,1H3. The fraction of sp³-hybridized carbons (Fsp3) is 0.600. The molecule has 21 heavy (non-hydrogen) atoms. The van der Waals surface area contributed by atoms with Gasteiger partial charge in [-0.3, -0.25) is 0 Å². The number of rotatable bonds is 5. The highest BCUT2D eigenvalue weighted by molar-refractivity contribution is 7.99. The highest BCUT2D eigenvalue weighted by Crippen LogP contribution is 2.37. The Morgan fingerprint density at radius 2 is 2.14 bits per heavy atom. The molecule has 0 radical (unpaired) electrons. The zero-order valence-electron chi connectivity index (χ0n) is 11.8. The third-order valence-corrected chi connectivity index (χ3v) is 4.89. The monoisotopic (exact) mass is 321 g/mol. The molecule has 1 aliphatic heterocycles. The van der Waals surface area contributed by atoms with Gasteiger partial charge in [-0.2, -0.15) is 24.9 Å². The van der Waals surface area contributed by atoms with Crippen LogP contribution in [-0.2, 0) is 6.18 Å². The Bertz CT molecular complexity index is 469. The summed E-state index contributed by atoms with van der Waals surface area (Å²) < 4.78 is 52.0. The van der Waals surface area contributed by atoms with Gasteiger partial charge in [-0.05, 0) is 54.5 Å². The predicted molar refractivity (Wildman–Crippen MR) is 77.9 cm³/mol. The maximum atomic E-state index is 13.4. The van der Waals surface area contributed by atoms with Gasteiger partial charge in [-0.1, -0.05) is 13.0 Å². The van der Waals surface area contributed by atoms with Gasteiger partial charge in [-0.25, -0.2) is 4.39 Å². The molecule has 0 aliphatic carbocycles. The zero-order valence-corrected chi connectivity index (χ0v) is 12.7. The Morgan fingerprint density at radius 3 is 2.71 bits per heavy atom. The van der Waals surface area contributed by atoms with Crippen LogP contribution >= 0.6 is 11.8 Å². The third-order valence-electron chi connectivity index (χ3n) is 3.71. The van der Waals surface area contributed by atoms with E-state index < -0.39 is 17.6 Å². The second kappa shape index (κ2) is 7.01. The van der Waals surface area contributed by atoms with Crippen molar-refractivity contribution in [2.45, 2.75) is 32.0 Å². The highest BCUT2D eigenvalue weighted by Gasteiger charge is 2.35. The second-order valence-electron chi connectivity index (χ2n) is 5.29. The SMILES string of the molecule is CCCNC(c1ccc(F)c(C(F)(F)F)c1)C1CCSC1. The largest absolute Gasteiger partial charge is 0.419 e. The average molecular weight is 321 g/mol. The van der Waals surface area contributed by atoms with Crippen LogP contribution in [0.2, 0.25) is 0 Å². The summed E-state index contributed by atoms with van der Waals surface area (Å²) in [7, 11) is 0. The van der Waals surface area contributed by atoms with Crippen molar-refractivity contribution >= 4 is 11.8 Å². The van der Waals surface area contributed by atoms with Gasteiger partial charge in [0.05, 0.1) is 5.56 Å².